The largest absolute Gasteiger partial charge is 0.330 e. The minimum atomic E-state index is -0.778. The van der Waals surface area contributed by atoms with Gasteiger partial charge in [0.15, 0.2) is 5.11 Å². The summed E-state index contributed by atoms with van der Waals surface area (Å²) in [6.45, 7) is 0. The highest BCUT2D eigenvalue weighted by molar-refractivity contribution is 7.81. The van der Waals surface area contributed by atoms with Crippen molar-refractivity contribution in [3.8, 4) is 0 Å². The van der Waals surface area contributed by atoms with Gasteiger partial charge in [0.1, 0.15) is 16.6 Å². The van der Waals surface area contributed by atoms with Crippen molar-refractivity contribution >= 4 is 45.8 Å². The van der Waals surface area contributed by atoms with E-state index in [4.69, 9.17) is 12.2 Å². The van der Waals surface area contributed by atoms with Gasteiger partial charge in [-0.25, -0.2) is 8.78 Å². The Balaban J connectivity index is 2.18. The predicted molar refractivity (Wildman–Crippen MR) is 75.4 cm³/mol. The number of benzene rings is 1. The van der Waals surface area contributed by atoms with E-state index in [2.05, 4.69) is 5.32 Å². The molecule has 2 rings (SSSR count). The molecule has 19 heavy (non-hydrogen) atoms. The first-order valence-corrected chi connectivity index (χ1v) is 6.44. The van der Waals surface area contributed by atoms with Crippen LogP contribution in [0.1, 0.15) is 0 Å². The maximum absolute atomic E-state index is 13.5. The molecule has 3 nitrogen and oxygen atoms in total. The molecular formula is C12H8F2N2OS2. The zero-order chi connectivity index (χ0) is 13.8. The SMILES string of the molecule is O=CN(C(=S)Nc1ccc(F)cc1F)c1cccs1. The average molecular weight is 298 g/mol. The van der Waals surface area contributed by atoms with E-state index in [9.17, 15) is 13.6 Å². The van der Waals surface area contributed by atoms with Crippen LogP contribution in [0.3, 0.4) is 0 Å². The molecule has 1 heterocycles. The van der Waals surface area contributed by atoms with E-state index in [0.717, 1.165) is 12.1 Å². The minimum Gasteiger partial charge on any atom is -0.330 e. The van der Waals surface area contributed by atoms with E-state index >= 15 is 0 Å². The average Bonchev–Trinajstić information content (AvgIpc) is 2.87. The Bertz CT molecular complexity index is 602. The van der Waals surface area contributed by atoms with Crippen molar-refractivity contribution in [1.82, 2.24) is 0 Å². The standard InChI is InChI=1S/C12H8F2N2OS2/c13-8-3-4-10(9(14)6-8)15-12(18)16(7-17)11-2-1-5-19-11/h1-7H,(H,15,18). The lowest BCUT2D eigenvalue weighted by atomic mass is 10.3. The van der Waals surface area contributed by atoms with E-state index in [0.29, 0.717) is 11.4 Å². The Hall–Kier alpha value is -1.86. The number of carbonyl (C=O) groups excluding carboxylic acids is 1. The van der Waals surface area contributed by atoms with Gasteiger partial charge in [-0.15, -0.1) is 11.3 Å². The lowest BCUT2D eigenvalue weighted by Crippen LogP contribution is -2.33. The Morgan fingerprint density at radius 2 is 2.16 bits per heavy atom. The third-order valence-corrected chi connectivity index (χ3v) is 3.41. The van der Waals surface area contributed by atoms with Gasteiger partial charge in [-0.1, -0.05) is 0 Å². The summed E-state index contributed by atoms with van der Waals surface area (Å²) in [7, 11) is 0. The third-order valence-electron chi connectivity index (χ3n) is 2.24. The van der Waals surface area contributed by atoms with Crippen molar-refractivity contribution in [3.05, 3.63) is 47.3 Å². The summed E-state index contributed by atoms with van der Waals surface area (Å²) in [4.78, 5) is 12.2. The summed E-state index contributed by atoms with van der Waals surface area (Å²) in [6.07, 6.45) is 0.530. The number of nitrogens with zero attached hydrogens (tertiary/aromatic N) is 1. The second-order valence-electron chi connectivity index (χ2n) is 3.48. The molecule has 0 fully saturated rings. The van der Waals surface area contributed by atoms with Crippen molar-refractivity contribution in [3.63, 3.8) is 0 Å². The van der Waals surface area contributed by atoms with E-state index in [1.807, 2.05) is 0 Å². The molecule has 1 amide bonds. The van der Waals surface area contributed by atoms with Gasteiger partial charge in [-0.2, -0.15) is 0 Å². The van der Waals surface area contributed by atoms with Gasteiger partial charge in [-0.05, 0) is 41.9 Å². The fourth-order valence-corrected chi connectivity index (χ4v) is 2.38. The second kappa shape index (κ2) is 5.85. The number of hydrogen-bond donors (Lipinski definition) is 1. The molecule has 0 spiro atoms. The summed E-state index contributed by atoms with van der Waals surface area (Å²) in [5.74, 6) is -1.46. The highest BCUT2D eigenvalue weighted by Gasteiger charge is 2.14. The Morgan fingerprint density at radius 1 is 1.37 bits per heavy atom. The van der Waals surface area contributed by atoms with E-state index in [-0.39, 0.29) is 10.8 Å². The Kier molecular flexibility index (Phi) is 4.18. The molecule has 0 saturated heterocycles. The summed E-state index contributed by atoms with van der Waals surface area (Å²) in [6, 6.07) is 6.52. The van der Waals surface area contributed by atoms with E-state index in [1.54, 1.807) is 17.5 Å². The number of thiophene rings is 1. The molecule has 7 heteroatoms. The first-order chi connectivity index (χ1) is 9.11. The number of rotatable bonds is 3. The van der Waals surface area contributed by atoms with Gasteiger partial charge in [0.25, 0.3) is 0 Å². The smallest absolute Gasteiger partial charge is 0.221 e. The molecule has 0 aliphatic carbocycles. The van der Waals surface area contributed by atoms with Crippen LogP contribution in [0.5, 0.6) is 0 Å². The van der Waals surface area contributed by atoms with Crippen LogP contribution >= 0.6 is 23.6 Å². The summed E-state index contributed by atoms with van der Waals surface area (Å²) >= 11 is 6.34. The number of thiocarbonyl (C=S) groups is 1. The zero-order valence-electron chi connectivity index (χ0n) is 9.47. The molecule has 2 aromatic rings. The lowest BCUT2D eigenvalue weighted by molar-refractivity contribution is -0.106. The predicted octanol–water partition coefficient (Wildman–Crippen LogP) is 3.39. The van der Waals surface area contributed by atoms with E-state index in [1.165, 1.54) is 22.3 Å². The zero-order valence-corrected chi connectivity index (χ0v) is 11.1. The van der Waals surface area contributed by atoms with Crippen molar-refractivity contribution in [2.75, 3.05) is 10.2 Å². The van der Waals surface area contributed by atoms with Crippen LogP contribution in [0.4, 0.5) is 19.5 Å². The van der Waals surface area contributed by atoms with Crippen molar-refractivity contribution in [1.29, 1.82) is 0 Å². The molecule has 0 radical (unpaired) electrons. The Morgan fingerprint density at radius 3 is 2.74 bits per heavy atom. The first-order valence-electron chi connectivity index (χ1n) is 5.16. The third kappa shape index (κ3) is 3.12. The number of amides is 1. The van der Waals surface area contributed by atoms with Crippen molar-refractivity contribution in [2.24, 2.45) is 0 Å². The highest BCUT2D eigenvalue weighted by Crippen LogP contribution is 2.22. The van der Waals surface area contributed by atoms with Crippen LogP contribution in [0.25, 0.3) is 0 Å². The molecule has 98 valence electrons. The van der Waals surface area contributed by atoms with Crippen LogP contribution in [0, 0.1) is 11.6 Å². The maximum Gasteiger partial charge on any atom is 0.221 e. The fraction of sp³-hybridized carbons (Fsp3) is 0. The number of hydrogen-bond acceptors (Lipinski definition) is 3. The van der Waals surface area contributed by atoms with Crippen molar-refractivity contribution in [2.45, 2.75) is 0 Å². The van der Waals surface area contributed by atoms with Crippen LogP contribution in [0.15, 0.2) is 35.7 Å². The minimum absolute atomic E-state index is 0.00908. The normalized spacial score (nSPS) is 10.0. The molecule has 0 unspecified atom stereocenters. The Labute approximate surface area is 117 Å². The van der Waals surface area contributed by atoms with Gasteiger partial charge >= 0.3 is 0 Å². The monoisotopic (exact) mass is 298 g/mol. The van der Waals surface area contributed by atoms with Crippen LogP contribution in [0.2, 0.25) is 0 Å². The molecule has 0 bridgehead atoms. The molecular weight excluding hydrogens is 290 g/mol. The number of halogens is 2. The molecule has 0 aliphatic heterocycles. The molecule has 1 aromatic heterocycles. The summed E-state index contributed by atoms with van der Waals surface area (Å²) in [5.41, 5.74) is 0.00908. The van der Waals surface area contributed by atoms with Gasteiger partial charge in [0.05, 0.1) is 5.69 Å². The lowest BCUT2D eigenvalue weighted by Gasteiger charge is -2.17. The fourth-order valence-electron chi connectivity index (χ4n) is 1.37. The summed E-state index contributed by atoms with van der Waals surface area (Å²) in [5, 5.41) is 4.98. The van der Waals surface area contributed by atoms with Crippen LogP contribution in [-0.2, 0) is 4.79 Å². The van der Waals surface area contributed by atoms with Gasteiger partial charge in [-0.3, -0.25) is 9.69 Å². The second-order valence-corrected chi connectivity index (χ2v) is 4.79. The summed E-state index contributed by atoms with van der Waals surface area (Å²) < 4.78 is 26.2. The molecule has 1 N–H and O–H groups in total. The molecule has 1 aromatic carbocycles. The number of nitrogens with one attached hydrogen (secondary N) is 1. The van der Waals surface area contributed by atoms with Gasteiger partial charge in [0.2, 0.25) is 6.41 Å². The van der Waals surface area contributed by atoms with Crippen molar-refractivity contribution < 1.29 is 13.6 Å². The topological polar surface area (TPSA) is 32.3 Å². The van der Waals surface area contributed by atoms with Crippen LogP contribution < -0.4 is 10.2 Å². The molecule has 0 aliphatic rings. The first kappa shape index (κ1) is 13.6. The number of carbonyl (C=O) groups is 1. The number of anilines is 2. The molecule has 0 saturated carbocycles. The van der Waals surface area contributed by atoms with Gasteiger partial charge < -0.3 is 5.32 Å². The van der Waals surface area contributed by atoms with Crippen LogP contribution in [-0.4, -0.2) is 11.5 Å². The maximum atomic E-state index is 13.5. The van der Waals surface area contributed by atoms with E-state index < -0.39 is 11.6 Å². The highest BCUT2D eigenvalue weighted by atomic mass is 32.1. The van der Waals surface area contributed by atoms with Gasteiger partial charge in [0, 0.05) is 6.07 Å². The molecule has 0 atom stereocenters. The quantitative estimate of drug-likeness (QED) is 0.696.